The Labute approximate surface area is 171 Å². The molecule has 8 heteroatoms. The molecule has 0 radical (unpaired) electrons. The topological polar surface area (TPSA) is 74.8 Å². The zero-order valence-corrected chi connectivity index (χ0v) is 17.6. The number of amides is 1. The van der Waals surface area contributed by atoms with E-state index in [4.69, 9.17) is 4.74 Å². The number of halogens is 2. The van der Waals surface area contributed by atoms with Gasteiger partial charge in [0.05, 0.1) is 6.61 Å². The van der Waals surface area contributed by atoms with Gasteiger partial charge in [-0.2, -0.15) is 0 Å². The van der Waals surface area contributed by atoms with Crippen molar-refractivity contribution >= 4 is 35.8 Å². The molecule has 1 aromatic carbocycles. The summed E-state index contributed by atoms with van der Waals surface area (Å²) in [7, 11) is 1.59. The largest absolute Gasteiger partial charge is 0.383 e. The third-order valence-electron chi connectivity index (χ3n) is 4.24. The summed E-state index contributed by atoms with van der Waals surface area (Å²) < 4.78 is 18.4. The van der Waals surface area contributed by atoms with Gasteiger partial charge in [-0.25, -0.2) is 9.38 Å². The summed E-state index contributed by atoms with van der Waals surface area (Å²) >= 11 is 0. The van der Waals surface area contributed by atoms with Crippen molar-refractivity contribution in [2.75, 3.05) is 39.9 Å². The second-order valence-electron chi connectivity index (χ2n) is 6.18. The second-order valence-corrected chi connectivity index (χ2v) is 6.18. The van der Waals surface area contributed by atoms with E-state index in [1.165, 1.54) is 6.07 Å². The fourth-order valence-electron chi connectivity index (χ4n) is 2.63. The maximum atomic E-state index is 13.5. The van der Waals surface area contributed by atoms with Crippen molar-refractivity contribution in [1.82, 2.24) is 16.0 Å². The standard InChI is InChI=1S/C18H27FN4O2.HI/c1-3-20-17(22-12-16(24)21-9-10-25-2)23-13-18(7-8-18)14-5-4-6-15(19)11-14;/h4-6,11H,3,7-10,12-13H2,1-2H3,(H,21,24)(H2,20,22,23);1H. The third kappa shape index (κ3) is 7.06. The number of rotatable bonds is 9. The minimum atomic E-state index is -0.211. The van der Waals surface area contributed by atoms with E-state index in [-0.39, 0.29) is 47.7 Å². The van der Waals surface area contributed by atoms with Crippen molar-refractivity contribution in [3.63, 3.8) is 0 Å². The fraction of sp³-hybridized carbons (Fsp3) is 0.556. The number of hydrogen-bond donors (Lipinski definition) is 3. The van der Waals surface area contributed by atoms with Gasteiger partial charge in [-0.05, 0) is 37.5 Å². The molecule has 2 rings (SSSR count). The van der Waals surface area contributed by atoms with Crippen LogP contribution in [0.5, 0.6) is 0 Å². The molecule has 1 aliphatic rings. The number of carbonyl (C=O) groups is 1. The van der Waals surface area contributed by atoms with Gasteiger partial charge >= 0.3 is 0 Å². The molecule has 1 amide bonds. The van der Waals surface area contributed by atoms with Crippen LogP contribution in [0.4, 0.5) is 4.39 Å². The molecule has 0 unspecified atom stereocenters. The minimum Gasteiger partial charge on any atom is -0.383 e. The highest BCUT2D eigenvalue weighted by Crippen LogP contribution is 2.47. The Morgan fingerprint density at radius 3 is 2.69 bits per heavy atom. The third-order valence-corrected chi connectivity index (χ3v) is 4.24. The average molecular weight is 478 g/mol. The molecule has 26 heavy (non-hydrogen) atoms. The zero-order chi connectivity index (χ0) is 18.1. The maximum absolute atomic E-state index is 13.5. The van der Waals surface area contributed by atoms with Crippen molar-refractivity contribution in [2.24, 2.45) is 4.99 Å². The van der Waals surface area contributed by atoms with Gasteiger partial charge < -0.3 is 20.7 Å². The van der Waals surface area contributed by atoms with Crippen molar-refractivity contribution in [1.29, 1.82) is 0 Å². The lowest BCUT2D eigenvalue weighted by molar-refractivity contribution is -0.119. The predicted octanol–water partition coefficient (Wildman–Crippen LogP) is 1.79. The van der Waals surface area contributed by atoms with Crippen LogP contribution in [-0.2, 0) is 14.9 Å². The van der Waals surface area contributed by atoms with Crippen LogP contribution in [0.2, 0.25) is 0 Å². The second kappa shape index (κ2) is 11.3. The van der Waals surface area contributed by atoms with Crippen molar-refractivity contribution in [3.8, 4) is 0 Å². The van der Waals surface area contributed by atoms with E-state index in [9.17, 15) is 9.18 Å². The van der Waals surface area contributed by atoms with Gasteiger partial charge in [0.2, 0.25) is 5.91 Å². The van der Waals surface area contributed by atoms with Gasteiger partial charge in [0.1, 0.15) is 12.4 Å². The lowest BCUT2D eigenvalue weighted by atomic mass is 9.96. The summed E-state index contributed by atoms with van der Waals surface area (Å²) in [5, 5.41) is 9.13. The number of carbonyl (C=O) groups excluding carboxylic acids is 1. The average Bonchev–Trinajstić information content (AvgIpc) is 3.39. The first-order valence-electron chi connectivity index (χ1n) is 8.63. The van der Waals surface area contributed by atoms with Crippen LogP contribution in [0.1, 0.15) is 25.3 Å². The Hall–Kier alpha value is -1.42. The number of hydrogen-bond acceptors (Lipinski definition) is 3. The van der Waals surface area contributed by atoms with Crippen molar-refractivity contribution in [2.45, 2.75) is 25.2 Å². The smallest absolute Gasteiger partial charge is 0.241 e. The van der Waals surface area contributed by atoms with E-state index in [0.717, 1.165) is 18.4 Å². The van der Waals surface area contributed by atoms with E-state index in [1.807, 2.05) is 13.0 Å². The number of guanidine groups is 1. The highest BCUT2D eigenvalue weighted by Gasteiger charge is 2.44. The molecule has 1 saturated carbocycles. The molecule has 0 aliphatic heterocycles. The summed E-state index contributed by atoms with van der Waals surface area (Å²) in [6.07, 6.45) is 2.03. The van der Waals surface area contributed by atoms with E-state index >= 15 is 0 Å². The zero-order valence-electron chi connectivity index (χ0n) is 15.3. The number of benzene rings is 1. The molecule has 1 aromatic rings. The first-order chi connectivity index (χ1) is 12.1. The van der Waals surface area contributed by atoms with Crippen LogP contribution in [-0.4, -0.2) is 51.8 Å². The monoisotopic (exact) mass is 478 g/mol. The lowest BCUT2D eigenvalue weighted by Gasteiger charge is -2.19. The first-order valence-corrected chi connectivity index (χ1v) is 8.63. The van der Waals surface area contributed by atoms with Crippen LogP contribution in [0.25, 0.3) is 0 Å². The molecular weight excluding hydrogens is 450 g/mol. The number of nitrogens with one attached hydrogen (secondary N) is 3. The van der Waals surface area contributed by atoms with Crippen LogP contribution in [0, 0.1) is 5.82 Å². The first kappa shape index (κ1) is 22.6. The van der Waals surface area contributed by atoms with Gasteiger partial charge in [-0.15, -0.1) is 24.0 Å². The normalized spacial score (nSPS) is 15.0. The molecule has 0 atom stereocenters. The minimum absolute atomic E-state index is 0. The molecule has 1 aliphatic carbocycles. The van der Waals surface area contributed by atoms with E-state index < -0.39 is 0 Å². The number of ether oxygens (including phenoxy) is 1. The van der Waals surface area contributed by atoms with Crippen LogP contribution in [0.15, 0.2) is 29.3 Å². The molecule has 0 heterocycles. The molecule has 3 N–H and O–H groups in total. The highest BCUT2D eigenvalue weighted by molar-refractivity contribution is 14.0. The van der Waals surface area contributed by atoms with Crippen LogP contribution < -0.4 is 16.0 Å². The fourth-order valence-corrected chi connectivity index (χ4v) is 2.63. The summed E-state index contributed by atoms with van der Waals surface area (Å²) in [4.78, 5) is 16.0. The maximum Gasteiger partial charge on any atom is 0.241 e. The molecule has 6 nitrogen and oxygen atoms in total. The van der Waals surface area contributed by atoms with Gasteiger partial charge in [0.25, 0.3) is 0 Å². The highest BCUT2D eigenvalue weighted by atomic mass is 127. The van der Waals surface area contributed by atoms with Gasteiger partial charge in [0, 0.05) is 32.2 Å². The molecule has 0 aromatic heterocycles. The SMILES string of the molecule is CCNC(=NCC(=O)NCCOC)NCC1(c2cccc(F)c2)CC1.I. The molecular formula is C18H28FIN4O2. The van der Waals surface area contributed by atoms with Crippen LogP contribution in [0.3, 0.4) is 0 Å². The number of aliphatic imine (C=N–C) groups is 1. The Bertz CT molecular complexity index is 609. The lowest BCUT2D eigenvalue weighted by Crippen LogP contribution is -2.42. The van der Waals surface area contributed by atoms with Crippen LogP contribution >= 0.6 is 24.0 Å². The Morgan fingerprint density at radius 2 is 2.08 bits per heavy atom. The molecule has 0 saturated heterocycles. The quantitative estimate of drug-likeness (QED) is 0.219. The van der Waals surface area contributed by atoms with Crippen molar-refractivity contribution in [3.05, 3.63) is 35.6 Å². The molecule has 1 fully saturated rings. The van der Waals surface area contributed by atoms with E-state index in [0.29, 0.717) is 32.2 Å². The van der Waals surface area contributed by atoms with Gasteiger partial charge in [-0.1, -0.05) is 12.1 Å². The van der Waals surface area contributed by atoms with Gasteiger partial charge in [-0.3, -0.25) is 4.79 Å². The number of methoxy groups -OCH3 is 1. The van der Waals surface area contributed by atoms with E-state index in [1.54, 1.807) is 19.2 Å². The van der Waals surface area contributed by atoms with E-state index in [2.05, 4.69) is 20.9 Å². The summed E-state index contributed by atoms with van der Waals surface area (Å²) in [5.74, 6) is 0.227. The van der Waals surface area contributed by atoms with Crippen molar-refractivity contribution < 1.29 is 13.9 Å². The summed E-state index contributed by atoms with van der Waals surface area (Å²) in [5.41, 5.74) is 0.965. The summed E-state index contributed by atoms with van der Waals surface area (Å²) in [6, 6.07) is 6.77. The Kier molecular flexibility index (Phi) is 9.85. The number of nitrogens with zero attached hydrogens (tertiary/aromatic N) is 1. The molecule has 0 spiro atoms. The van der Waals surface area contributed by atoms with Gasteiger partial charge in [0.15, 0.2) is 5.96 Å². The Balaban J connectivity index is 0.00000338. The predicted molar refractivity (Wildman–Crippen MR) is 112 cm³/mol. The molecule has 0 bridgehead atoms. The summed E-state index contributed by atoms with van der Waals surface area (Å²) in [6.45, 7) is 4.32. The molecule has 146 valence electrons. The Morgan fingerprint density at radius 1 is 1.31 bits per heavy atom.